The van der Waals surface area contributed by atoms with E-state index in [0.29, 0.717) is 18.1 Å². The van der Waals surface area contributed by atoms with Crippen LogP contribution in [0, 0.1) is 23.7 Å². The number of hydrogen-bond acceptors (Lipinski definition) is 2. The number of rotatable bonds is 8. The van der Waals surface area contributed by atoms with Crippen LogP contribution in [0.2, 0.25) is 0 Å². The van der Waals surface area contributed by atoms with Crippen molar-refractivity contribution in [2.24, 2.45) is 23.7 Å². The molecule has 0 saturated heterocycles. The van der Waals surface area contributed by atoms with E-state index in [0.717, 1.165) is 24.3 Å². The fourth-order valence-corrected chi connectivity index (χ4v) is 4.56. The lowest BCUT2D eigenvalue weighted by atomic mass is 9.81. The average molecular weight is 267 g/mol. The van der Waals surface area contributed by atoms with Crippen LogP contribution in [-0.4, -0.2) is 25.8 Å². The zero-order valence-electron chi connectivity index (χ0n) is 13.3. The van der Waals surface area contributed by atoms with E-state index in [1.54, 1.807) is 0 Å². The third-order valence-corrected chi connectivity index (χ3v) is 5.42. The Labute approximate surface area is 119 Å². The van der Waals surface area contributed by atoms with Crippen molar-refractivity contribution in [1.82, 2.24) is 5.32 Å². The largest absolute Gasteiger partial charge is 0.380 e. The normalized spacial score (nSPS) is 33.0. The first-order valence-corrected chi connectivity index (χ1v) is 8.41. The number of fused-ring (bicyclic) bond motifs is 2. The molecule has 0 heterocycles. The van der Waals surface area contributed by atoms with Crippen LogP contribution in [0.3, 0.4) is 0 Å². The molecule has 0 radical (unpaired) electrons. The minimum Gasteiger partial charge on any atom is -0.380 e. The predicted molar refractivity (Wildman–Crippen MR) is 81.3 cm³/mol. The Morgan fingerprint density at radius 1 is 1.21 bits per heavy atom. The summed E-state index contributed by atoms with van der Waals surface area (Å²) in [4.78, 5) is 0. The van der Waals surface area contributed by atoms with Gasteiger partial charge in [-0.2, -0.15) is 0 Å². The fourth-order valence-electron chi connectivity index (χ4n) is 4.56. The van der Waals surface area contributed by atoms with Crippen molar-refractivity contribution in [3.8, 4) is 0 Å². The van der Waals surface area contributed by atoms with Crippen molar-refractivity contribution in [3.63, 3.8) is 0 Å². The zero-order valence-corrected chi connectivity index (χ0v) is 13.3. The first kappa shape index (κ1) is 15.3. The highest BCUT2D eigenvalue weighted by atomic mass is 16.5. The summed E-state index contributed by atoms with van der Waals surface area (Å²) in [6.45, 7) is 7.95. The highest BCUT2D eigenvalue weighted by Gasteiger charge is 2.41. The van der Waals surface area contributed by atoms with Gasteiger partial charge < -0.3 is 10.1 Å². The maximum absolute atomic E-state index is 5.80. The molecule has 5 unspecified atom stereocenters. The molecule has 2 aliphatic carbocycles. The molecule has 2 saturated carbocycles. The van der Waals surface area contributed by atoms with Gasteiger partial charge in [0, 0.05) is 13.2 Å². The van der Waals surface area contributed by atoms with E-state index in [2.05, 4.69) is 26.1 Å². The van der Waals surface area contributed by atoms with Gasteiger partial charge in [-0.3, -0.25) is 0 Å². The van der Waals surface area contributed by atoms with Crippen molar-refractivity contribution in [3.05, 3.63) is 0 Å². The van der Waals surface area contributed by atoms with Gasteiger partial charge in [0.2, 0.25) is 0 Å². The van der Waals surface area contributed by atoms with Crippen LogP contribution in [-0.2, 0) is 4.74 Å². The van der Waals surface area contributed by atoms with Gasteiger partial charge in [0.05, 0.1) is 6.10 Å². The first-order valence-electron chi connectivity index (χ1n) is 8.41. The topological polar surface area (TPSA) is 21.3 Å². The molecule has 0 spiro atoms. The molecular formula is C17H33NO. The summed E-state index contributed by atoms with van der Waals surface area (Å²) in [6, 6.07) is 0.550. The summed E-state index contributed by atoms with van der Waals surface area (Å²) in [5.74, 6) is 3.64. The molecule has 112 valence electrons. The van der Waals surface area contributed by atoms with Crippen LogP contribution in [0.25, 0.3) is 0 Å². The monoisotopic (exact) mass is 267 g/mol. The third kappa shape index (κ3) is 3.72. The molecule has 0 aliphatic heterocycles. The maximum Gasteiger partial charge on any atom is 0.0747 e. The summed E-state index contributed by atoms with van der Waals surface area (Å²) in [7, 11) is 1.88. The van der Waals surface area contributed by atoms with Crippen molar-refractivity contribution in [2.45, 2.75) is 71.4 Å². The Bertz CT molecular complexity index is 266. The molecule has 0 aromatic rings. The number of hydrogen-bond donors (Lipinski definition) is 1. The van der Waals surface area contributed by atoms with E-state index < -0.39 is 0 Å². The van der Waals surface area contributed by atoms with Crippen LogP contribution in [0.4, 0.5) is 0 Å². The van der Waals surface area contributed by atoms with E-state index in [9.17, 15) is 0 Å². The molecule has 2 bridgehead atoms. The summed E-state index contributed by atoms with van der Waals surface area (Å²) in [5, 5.41) is 3.76. The van der Waals surface area contributed by atoms with Crippen molar-refractivity contribution < 1.29 is 4.74 Å². The van der Waals surface area contributed by atoms with Gasteiger partial charge in [-0.25, -0.2) is 0 Å². The van der Waals surface area contributed by atoms with Crippen LogP contribution >= 0.6 is 0 Å². The van der Waals surface area contributed by atoms with E-state index in [-0.39, 0.29) is 0 Å². The Morgan fingerprint density at radius 2 is 2.00 bits per heavy atom. The lowest BCUT2D eigenvalue weighted by molar-refractivity contribution is 0.0229. The Balaban J connectivity index is 1.92. The standard InChI is InChI=1S/C17H33NO/c1-5-8-18-16(17(19-4)12(2)3)11-15-10-13-6-7-14(15)9-13/h12-18H,5-11H2,1-4H3. The number of nitrogens with one attached hydrogen (secondary N) is 1. The van der Waals surface area contributed by atoms with Crippen molar-refractivity contribution in [2.75, 3.05) is 13.7 Å². The highest BCUT2D eigenvalue weighted by molar-refractivity contribution is 4.93. The SMILES string of the molecule is CCCNC(CC1CC2CCC1C2)C(OC)C(C)C. The van der Waals surface area contributed by atoms with Gasteiger partial charge in [0.15, 0.2) is 0 Å². The van der Waals surface area contributed by atoms with Gasteiger partial charge >= 0.3 is 0 Å². The second-order valence-corrected chi connectivity index (χ2v) is 7.18. The van der Waals surface area contributed by atoms with Gasteiger partial charge in [0.25, 0.3) is 0 Å². The molecule has 5 atom stereocenters. The molecular weight excluding hydrogens is 234 g/mol. The Kier molecular flexibility index (Phi) is 5.70. The highest BCUT2D eigenvalue weighted by Crippen LogP contribution is 2.50. The van der Waals surface area contributed by atoms with E-state index in [1.807, 2.05) is 7.11 Å². The Morgan fingerprint density at radius 3 is 2.47 bits per heavy atom. The molecule has 2 fully saturated rings. The van der Waals surface area contributed by atoms with Crippen LogP contribution in [0.5, 0.6) is 0 Å². The van der Waals surface area contributed by atoms with Crippen LogP contribution in [0.1, 0.15) is 59.3 Å². The molecule has 0 amide bonds. The van der Waals surface area contributed by atoms with Gasteiger partial charge in [0.1, 0.15) is 0 Å². The lowest BCUT2D eigenvalue weighted by Crippen LogP contribution is -2.45. The van der Waals surface area contributed by atoms with E-state index >= 15 is 0 Å². The molecule has 2 rings (SSSR count). The maximum atomic E-state index is 5.80. The smallest absolute Gasteiger partial charge is 0.0747 e. The minimum absolute atomic E-state index is 0.366. The first-order chi connectivity index (χ1) is 9.15. The van der Waals surface area contributed by atoms with Crippen LogP contribution in [0.15, 0.2) is 0 Å². The fraction of sp³-hybridized carbons (Fsp3) is 1.00. The molecule has 1 N–H and O–H groups in total. The summed E-state index contributed by atoms with van der Waals surface area (Å²) >= 11 is 0. The Hall–Kier alpha value is -0.0800. The second kappa shape index (κ2) is 7.08. The number of ether oxygens (including phenoxy) is 1. The molecule has 2 nitrogen and oxygen atoms in total. The summed E-state index contributed by atoms with van der Waals surface area (Å²) in [6.07, 6.45) is 8.92. The zero-order chi connectivity index (χ0) is 13.8. The van der Waals surface area contributed by atoms with Crippen molar-refractivity contribution >= 4 is 0 Å². The van der Waals surface area contributed by atoms with Crippen LogP contribution < -0.4 is 5.32 Å². The van der Waals surface area contributed by atoms with Crippen molar-refractivity contribution in [1.29, 1.82) is 0 Å². The predicted octanol–water partition coefficient (Wildman–Crippen LogP) is 3.85. The average Bonchev–Trinajstić information content (AvgIpc) is 2.98. The van der Waals surface area contributed by atoms with E-state index in [1.165, 1.54) is 38.5 Å². The summed E-state index contributed by atoms with van der Waals surface area (Å²) in [5.41, 5.74) is 0. The molecule has 19 heavy (non-hydrogen) atoms. The van der Waals surface area contributed by atoms with E-state index in [4.69, 9.17) is 4.74 Å². The lowest BCUT2D eigenvalue weighted by Gasteiger charge is -2.34. The number of methoxy groups -OCH3 is 1. The molecule has 0 aromatic heterocycles. The minimum atomic E-state index is 0.366. The second-order valence-electron chi connectivity index (χ2n) is 7.18. The van der Waals surface area contributed by atoms with Gasteiger partial charge in [-0.1, -0.05) is 27.2 Å². The molecule has 2 heteroatoms. The van der Waals surface area contributed by atoms with Gasteiger partial charge in [-0.15, -0.1) is 0 Å². The molecule has 0 aromatic carbocycles. The quantitative estimate of drug-likeness (QED) is 0.721. The van der Waals surface area contributed by atoms with Gasteiger partial charge in [-0.05, 0) is 62.3 Å². The molecule has 2 aliphatic rings. The third-order valence-electron chi connectivity index (χ3n) is 5.42. The summed E-state index contributed by atoms with van der Waals surface area (Å²) < 4.78 is 5.80.